The lowest BCUT2D eigenvalue weighted by molar-refractivity contribution is 0.600. The molecule has 5 nitrogen and oxygen atoms in total. The van der Waals surface area contributed by atoms with E-state index in [4.69, 9.17) is 5.73 Å². The highest BCUT2D eigenvalue weighted by atomic mass is 32.2. The number of thiophene rings is 1. The highest BCUT2D eigenvalue weighted by Gasteiger charge is 2.27. The standard InChI is InChI=1S/C11H13N3O2S3/c12-5-9-10(3-4-17-9)19(15,16)14-11-13-8(6-18-11)7-1-2-7/h3-4,6-7H,1-2,5,12H2,(H,13,14). The van der Waals surface area contributed by atoms with E-state index >= 15 is 0 Å². The van der Waals surface area contributed by atoms with E-state index < -0.39 is 10.0 Å². The summed E-state index contributed by atoms with van der Waals surface area (Å²) in [6, 6.07) is 1.57. The first-order valence-electron chi connectivity index (χ1n) is 5.85. The van der Waals surface area contributed by atoms with Crippen molar-refractivity contribution >= 4 is 37.8 Å². The molecule has 0 spiro atoms. The van der Waals surface area contributed by atoms with E-state index in [-0.39, 0.29) is 11.4 Å². The van der Waals surface area contributed by atoms with E-state index in [1.807, 2.05) is 5.38 Å². The van der Waals surface area contributed by atoms with Crippen LogP contribution in [0.3, 0.4) is 0 Å². The van der Waals surface area contributed by atoms with Gasteiger partial charge in [-0.2, -0.15) is 0 Å². The van der Waals surface area contributed by atoms with Crippen LogP contribution in [0.15, 0.2) is 21.7 Å². The summed E-state index contributed by atoms with van der Waals surface area (Å²) in [6.07, 6.45) is 2.30. The van der Waals surface area contributed by atoms with E-state index in [2.05, 4.69) is 9.71 Å². The Hall–Kier alpha value is -0.960. The largest absolute Gasteiger partial charge is 0.326 e. The van der Waals surface area contributed by atoms with Crippen molar-refractivity contribution in [1.82, 2.24) is 4.98 Å². The molecule has 1 aliphatic carbocycles. The van der Waals surface area contributed by atoms with Crippen LogP contribution in [-0.4, -0.2) is 13.4 Å². The van der Waals surface area contributed by atoms with Crippen molar-refractivity contribution < 1.29 is 8.42 Å². The number of nitrogens with zero attached hydrogens (tertiary/aromatic N) is 1. The van der Waals surface area contributed by atoms with Crippen LogP contribution in [0.2, 0.25) is 0 Å². The Labute approximate surface area is 119 Å². The van der Waals surface area contributed by atoms with Gasteiger partial charge in [0, 0.05) is 22.7 Å². The molecule has 2 aromatic rings. The van der Waals surface area contributed by atoms with Crippen LogP contribution in [0.5, 0.6) is 0 Å². The average Bonchev–Trinajstić information content (AvgIpc) is 2.92. The predicted octanol–water partition coefficient (Wildman–Crippen LogP) is 2.34. The molecule has 1 fully saturated rings. The second kappa shape index (κ2) is 4.86. The van der Waals surface area contributed by atoms with Crippen LogP contribution in [0.1, 0.15) is 29.3 Å². The Kier molecular flexibility index (Phi) is 3.34. The molecule has 0 amide bonds. The molecular weight excluding hydrogens is 302 g/mol. The smallest absolute Gasteiger partial charge is 0.264 e. The number of aromatic nitrogens is 1. The first kappa shape index (κ1) is 13.0. The molecule has 0 saturated heterocycles. The zero-order valence-corrected chi connectivity index (χ0v) is 12.4. The highest BCUT2D eigenvalue weighted by Crippen LogP contribution is 2.41. The van der Waals surface area contributed by atoms with Crippen LogP contribution in [0, 0.1) is 0 Å². The molecule has 3 N–H and O–H groups in total. The number of rotatable bonds is 5. The summed E-state index contributed by atoms with van der Waals surface area (Å²) in [6.45, 7) is 0.221. The van der Waals surface area contributed by atoms with Crippen LogP contribution >= 0.6 is 22.7 Å². The van der Waals surface area contributed by atoms with E-state index in [0.29, 0.717) is 15.9 Å². The fourth-order valence-electron chi connectivity index (χ4n) is 1.79. The third-order valence-electron chi connectivity index (χ3n) is 2.92. The maximum absolute atomic E-state index is 12.2. The Balaban J connectivity index is 1.84. The van der Waals surface area contributed by atoms with Crippen molar-refractivity contribution in [1.29, 1.82) is 0 Å². The molecule has 0 bridgehead atoms. The van der Waals surface area contributed by atoms with Gasteiger partial charge in [0.15, 0.2) is 5.13 Å². The summed E-state index contributed by atoms with van der Waals surface area (Å²) in [5, 5.41) is 4.08. The molecule has 102 valence electrons. The fraction of sp³-hybridized carbons (Fsp3) is 0.364. The number of thiazole rings is 1. The molecule has 19 heavy (non-hydrogen) atoms. The number of sulfonamides is 1. The van der Waals surface area contributed by atoms with Gasteiger partial charge >= 0.3 is 0 Å². The molecular formula is C11H13N3O2S3. The van der Waals surface area contributed by atoms with Gasteiger partial charge in [-0.25, -0.2) is 13.4 Å². The molecule has 2 heterocycles. The first-order chi connectivity index (χ1) is 9.10. The molecule has 0 atom stereocenters. The van der Waals surface area contributed by atoms with Crippen molar-refractivity contribution in [3.05, 3.63) is 27.4 Å². The Morgan fingerprint density at radius 1 is 1.42 bits per heavy atom. The van der Waals surface area contributed by atoms with Crippen molar-refractivity contribution in [2.75, 3.05) is 4.72 Å². The Morgan fingerprint density at radius 2 is 2.21 bits per heavy atom. The van der Waals surface area contributed by atoms with Crippen LogP contribution in [0.4, 0.5) is 5.13 Å². The minimum atomic E-state index is -3.58. The SMILES string of the molecule is NCc1sccc1S(=O)(=O)Nc1nc(C2CC2)cs1. The monoisotopic (exact) mass is 315 g/mol. The number of nitrogens with one attached hydrogen (secondary N) is 1. The lowest BCUT2D eigenvalue weighted by atomic mass is 10.3. The van der Waals surface area contributed by atoms with E-state index in [1.54, 1.807) is 11.4 Å². The van der Waals surface area contributed by atoms with Gasteiger partial charge < -0.3 is 5.73 Å². The van der Waals surface area contributed by atoms with Gasteiger partial charge in [0.05, 0.1) is 5.69 Å². The van der Waals surface area contributed by atoms with Gasteiger partial charge in [0.2, 0.25) is 0 Å². The second-order valence-corrected chi connectivity index (χ2v) is 7.88. The van der Waals surface area contributed by atoms with Crippen molar-refractivity contribution in [2.45, 2.75) is 30.2 Å². The van der Waals surface area contributed by atoms with E-state index in [9.17, 15) is 8.42 Å². The Morgan fingerprint density at radius 3 is 2.89 bits per heavy atom. The fourth-order valence-corrected chi connectivity index (χ4v) is 5.17. The predicted molar refractivity (Wildman–Crippen MR) is 77.1 cm³/mol. The van der Waals surface area contributed by atoms with Crippen molar-refractivity contribution in [3.63, 3.8) is 0 Å². The lowest BCUT2D eigenvalue weighted by Crippen LogP contribution is -2.14. The lowest BCUT2D eigenvalue weighted by Gasteiger charge is -2.05. The summed E-state index contributed by atoms with van der Waals surface area (Å²) in [5.41, 5.74) is 6.54. The summed E-state index contributed by atoms with van der Waals surface area (Å²) in [7, 11) is -3.58. The van der Waals surface area contributed by atoms with E-state index in [0.717, 1.165) is 18.5 Å². The number of anilines is 1. The maximum Gasteiger partial charge on any atom is 0.264 e. The third-order valence-corrected chi connectivity index (χ3v) is 6.32. The molecule has 1 saturated carbocycles. The first-order valence-corrected chi connectivity index (χ1v) is 9.09. The number of nitrogens with two attached hydrogens (primary N) is 1. The summed E-state index contributed by atoms with van der Waals surface area (Å²) in [4.78, 5) is 5.23. The summed E-state index contributed by atoms with van der Waals surface area (Å²) >= 11 is 2.67. The molecule has 0 aliphatic heterocycles. The van der Waals surface area contributed by atoms with Gasteiger partial charge in [0.25, 0.3) is 10.0 Å². The topological polar surface area (TPSA) is 85.1 Å². The Bertz CT molecular complexity index is 686. The van der Waals surface area contributed by atoms with Crippen LogP contribution in [0.25, 0.3) is 0 Å². The molecule has 8 heteroatoms. The quantitative estimate of drug-likeness (QED) is 0.887. The van der Waals surface area contributed by atoms with Gasteiger partial charge in [-0.15, -0.1) is 22.7 Å². The molecule has 3 rings (SSSR count). The third kappa shape index (κ3) is 2.66. The molecule has 0 aromatic carbocycles. The van der Waals surface area contributed by atoms with E-state index in [1.165, 1.54) is 22.7 Å². The van der Waals surface area contributed by atoms with Gasteiger partial charge in [-0.1, -0.05) is 0 Å². The minimum absolute atomic E-state index is 0.221. The number of hydrogen-bond acceptors (Lipinski definition) is 6. The maximum atomic E-state index is 12.2. The van der Waals surface area contributed by atoms with Crippen LogP contribution in [-0.2, 0) is 16.6 Å². The number of hydrogen-bond donors (Lipinski definition) is 2. The normalized spacial score (nSPS) is 15.6. The van der Waals surface area contributed by atoms with Gasteiger partial charge in [-0.05, 0) is 24.3 Å². The van der Waals surface area contributed by atoms with Gasteiger partial charge in [-0.3, -0.25) is 4.72 Å². The minimum Gasteiger partial charge on any atom is -0.326 e. The molecule has 1 aliphatic rings. The van der Waals surface area contributed by atoms with Gasteiger partial charge in [0.1, 0.15) is 4.90 Å². The zero-order valence-electron chi connectivity index (χ0n) is 10.00. The molecule has 0 unspecified atom stereocenters. The highest BCUT2D eigenvalue weighted by molar-refractivity contribution is 7.93. The summed E-state index contributed by atoms with van der Waals surface area (Å²) in [5.74, 6) is 0.523. The zero-order chi connectivity index (χ0) is 13.5. The summed E-state index contributed by atoms with van der Waals surface area (Å²) < 4.78 is 27.0. The van der Waals surface area contributed by atoms with Crippen molar-refractivity contribution in [3.8, 4) is 0 Å². The molecule has 2 aromatic heterocycles. The van der Waals surface area contributed by atoms with Crippen molar-refractivity contribution in [2.24, 2.45) is 5.73 Å². The van der Waals surface area contributed by atoms with Crippen LogP contribution < -0.4 is 10.5 Å². The second-order valence-electron chi connectivity index (χ2n) is 4.37. The average molecular weight is 315 g/mol. The molecule has 0 radical (unpaired) electrons.